The number of hydrogen-bond donors (Lipinski definition) is 1. The molecule has 0 radical (unpaired) electrons. The summed E-state index contributed by atoms with van der Waals surface area (Å²) in [5.74, 6) is 0.448. The molecular weight excluding hydrogens is 126 g/mol. The highest BCUT2D eigenvalue weighted by molar-refractivity contribution is 4.85. The van der Waals surface area contributed by atoms with Gasteiger partial charge in [-0.05, 0) is 19.3 Å². The molecule has 10 heavy (non-hydrogen) atoms. The van der Waals surface area contributed by atoms with Gasteiger partial charge in [-0.2, -0.15) is 5.26 Å². The van der Waals surface area contributed by atoms with E-state index in [-0.39, 0.29) is 6.42 Å². The van der Waals surface area contributed by atoms with Crippen LogP contribution < -0.4 is 0 Å². The first-order valence-electron chi connectivity index (χ1n) is 3.57. The van der Waals surface area contributed by atoms with Crippen LogP contribution in [0.4, 0.5) is 0 Å². The third kappa shape index (κ3) is 4.34. The molecule has 1 unspecified atom stereocenters. The van der Waals surface area contributed by atoms with Crippen LogP contribution in [0.3, 0.4) is 0 Å². The number of rotatable bonds is 3. The lowest BCUT2D eigenvalue weighted by Gasteiger charge is -2.21. The van der Waals surface area contributed by atoms with Crippen LogP contribution in [0.15, 0.2) is 0 Å². The lowest BCUT2D eigenvalue weighted by atomic mass is 9.92. The van der Waals surface area contributed by atoms with Crippen molar-refractivity contribution in [3.63, 3.8) is 0 Å². The molecule has 0 aliphatic rings. The molecule has 1 N–H and O–H groups in total. The van der Waals surface area contributed by atoms with E-state index >= 15 is 0 Å². The summed E-state index contributed by atoms with van der Waals surface area (Å²) in [6.07, 6.45) is 0.922. The molecule has 0 amide bonds. The molecule has 0 rings (SSSR count). The van der Waals surface area contributed by atoms with Crippen LogP contribution in [0.2, 0.25) is 0 Å². The third-order valence-corrected chi connectivity index (χ3v) is 1.31. The first-order chi connectivity index (χ1) is 4.48. The summed E-state index contributed by atoms with van der Waals surface area (Å²) in [4.78, 5) is 0. The quantitative estimate of drug-likeness (QED) is 0.650. The Morgan fingerprint density at radius 3 is 2.40 bits per heavy atom. The predicted octanol–water partition coefficient (Wildman–Crippen LogP) is 1.70. The zero-order valence-corrected chi connectivity index (χ0v) is 6.89. The Morgan fingerprint density at radius 1 is 1.60 bits per heavy atom. The first kappa shape index (κ1) is 9.45. The minimum absolute atomic E-state index is 0.227. The van der Waals surface area contributed by atoms with Crippen molar-refractivity contribution in [3.8, 4) is 6.07 Å². The maximum Gasteiger partial charge on any atom is 0.0751 e. The Hall–Kier alpha value is -0.550. The number of aliphatic hydroxyl groups is 1. The summed E-state index contributed by atoms with van der Waals surface area (Å²) in [5.41, 5.74) is -0.789. The second-order valence-corrected chi connectivity index (χ2v) is 3.43. The molecule has 0 aromatic carbocycles. The summed E-state index contributed by atoms with van der Waals surface area (Å²) >= 11 is 0. The zero-order valence-electron chi connectivity index (χ0n) is 6.89. The molecule has 0 aliphatic heterocycles. The molecule has 2 nitrogen and oxygen atoms in total. The molecule has 0 aromatic heterocycles. The topological polar surface area (TPSA) is 44.0 Å². The van der Waals surface area contributed by atoms with Gasteiger partial charge in [0.2, 0.25) is 0 Å². The smallest absolute Gasteiger partial charge is 0.0751 e. The van der Waals surface area contributed by atoms with E-state index < -0.39 is 5.60 Å². The number of nitrogens with zero attached hydrogens (tertiary/aromatic N) is 1. The molecule has 2 heteroatoms. The van der Waals surface area contributed by atoms with E-state index in [1.54, 1.807) is 6.92 Å². The third-order valence-electron chi connectivity index (χ3n) is 1.31. The summed E-state index contributed by atoms with van der Waals surface area (Å²) in [6.45, 7) is 5.77. The van der Waals surface area contributed by atoms with Gasteiger partial charge in [-0.15, -0.1) is 0 Å². The minimum Gasteiger partial charge on any atom is -0.389 e. The van der Waals surface area contributed by atoms with E-state index in [1.807, 2.05) is 19.9 Å². The average Bonchev–Trinajstić information content (AvgIpc) is 1.59. The van der Waals surface area contributed by atoms with Crippen LogP contribution in [0.5, 0.6) is 0 Å². The molecule has 0 bridgehead atoms. The van der Waals surface area contributed by atoms with Crippen molar-refractivity contribution in [3.05, 3.63) is 0 Å². The number of hydrogen-bond acceptors (Lipinski definition) is 2. The van der Waals surface area contributed by atoms with Crippen molar-refractivity contribution >= 4 is 0 Å². The molecule has 0 saturated carbocycles. The van der Waals surface area contributed by atoms with Crippen molar-refractivity contribution in [2.24, 2.45) is 5.92 Å². The van der Waals surface area contributed by atoms with E-state index in [1.165, 1.54) is 0 Å². The Kier molecular flexibility index (Phi) is 3.38. The average molecular weight is 141 g/mol. The van der Waals surface area contributed by atoms with Crippen LogP contribution >= 0.6 is 0 Å². The van der Waals surface area contributed by atoms with Gasteiger partial charge in [0.25, 0.3) is 0 Å². The SMILES string of the molecule is CC(C)CC(C)(O)CC#N. The monoisotopic (exact) mass is 141 g/mol. The second-order valence-electron chi connectivity index (χ2n) is 3.43. The van der Waals surface area contributed by atoms with Gasteiger partial charge >= 0.3 is 0 Å². The van der Waals surface area contributed by atoms with Gasteiger partial charge < -0.3 is 5.11 Å². The fraction of sp³-hybridized carbons (Fsp3) is 0.875. The normalized spacial score (nSPS) is 16.4. The second kappa shape index (κ2) is 3.58. The van der Waals surface area contributed by atoms with Gasteiger partial charge in [0.1, 0.15) is 0 Å². The van der Waals surface area contributed by atoms with Crippen LogP contribution in [-0.2, 0) is 0 Å². The van der Waals surface area contributed by atoms with Crippen molar-refractivity contribution in [1.82, 2.24) is 0 Å². The fourth-order valence-electron chi connectivity index (χ4n) is 1.12. The number of nitriles is 1. The molecule has 58 valence electrons. The van der Waals surface area contributed by atoms with E-state index in [2.05, 4.69) is 0 Å². The Morgan fingerprint density at radius 2 is 2.10 bits per heavy atom. The molecule has 0 heterocycles. The van der Waals surface area contributed by atoms with Crippen LogP contribution in [0.25, 0.3) is 0 Å². The summed E-state index contributed by atoms with van der Waals surface area (Å²) < 4.78 is 0. The van der Waals surface area contributed by atoms with Gasteiger partial charge in [0.15, 0.2) is 0 Å². The summed E-state index contributed by atoms with van der Waals surface area (Å²) in [5, 5.41) is 17.8. The Balaban J connectivity index is 3.77. The standard InChI is InChI=1S/C8H15NO/c1-7(2)6-8(3,10)4-5-9/h7,10H,4,6H2,1-3H3. The van der Waals surface area contributed by atoms with Crippen molar-refractivity contribution in [2.45, 2.75) is 39.2 Å². The van der Waals surface area contributed by atoms with Crippen LogP contribution in [0, 0.1) is 17.2 Å². The van der Waals surface area contributed by atoms with Gasteiger partial charge in [0.05, 0.1) is 18.1 Å². The summed E-state index contributed by atoms with van der Waals surface area (Å²) in [7, 11) is 0. The molecule has 0 aromatic rings. The van der Waals surface area contributed by atoms with Gasteiger partial charge in [-0.1, -0.05) is 13.8 Å². The first-order valence-corrected chi connectivity index (χ1v) is 3.57. The lowest BCUT2D eigenvalue weighted by Crippen LogP contribution is -2.25. The highest BCUT2D eigenvalue weighted by atomic mass is 16.3. The maximum atomic E-state index is 9.46. The van der Waals surface area contributed by atoms with E-state index in [9.17, 15) is 5.11 Å². The van der Waals surface area contributed by atoms with Gasteiger partial charge in [-0.3, -0.25) is 0 Å². The van der Waals surface area contributed by atoms with Crippen molar-refractivity contribution in [1.29, 1.82) is 5.26 Å². The van der Waals surface area contributed by atoms with Gasteiger partial charge in [-0.25, -0.2) is 0 Å². The molecule has 0 fully saturated rings. The van der Waals surface area contributed by atoms with E-state index in [4.69, 9.17) is 5.26 Å². The zero-order chi connectivity index (χ0) is 8.20. The van der Waals surface area contributed by atoms with Crippen molar-refractivity contribution < 1.29 is 5.11 Å². The van der Waals surface area contributed by atoms with Crippen LogP contribution in [0.1, 0.15) is 33.6 Å². The van der Waals surface area contributed by atoms with Crippen LogP contribution in [-0.4, -0.2) is 10.7 Å². The fourth-order valence-corrected chi connectivity index (χ4v) is 1.12. The van der Waals surface area contributed by atoms with E-state index in [0.717, 1.165) is 0 Å². The molecule has 0 spiro atoms. The highest BCUT2D eigenvalue weighted by Crippen LogP contribution is 2.18. The molecular formula is C8H15NO. The molecule has 0 aliphatic carbocycles. The predicted molar refractivity (Wildman–Crippen MR) is 40.3 cm³/mol. The highest BCUT2D eigenvalue weighted by Gasteiger charge is 2.20. The Labute approximate surface area is 62.5 Å². The van der Waals surface area contributed by atoms with E-state index in [0.29, 0.717) is 12.3 Å². The van der Waals surface area contributed by atoms with Crippen molar-refractivity contribution in [2.75, 3.05) is 0 Å². The van der Waals surface area contributed by atoms with Gasteiger partial charge in [0, 0.05) is 0 Å². The summed E-state index contributed by atoms with van der Waals surface area (Å²) in [6, 6.07) is 1.96. The largest absolute Gasteiger partial charge is 0.389 e. The lowest BCUT2D eigenvalue weighted by molar-refractivity contribution is 0.0432. The molecule has 1 atom stereocenters. The minimum atomic E-state index is -0.789. The maximum absolute atomic E-state index is 9.46. The Bertz CT molecular complexity index is 133. The molecule has 0 saturated heterocycles.